The summed E-state index contributed by atoms with van der Waals surface area (Å²) in [7, 11) is 0. The van der Waals surface area contributed by atoms with Gasteiger partial charge >= 0.3 is 5.97 Å². The third-order valence-corrected chi connectivity index (χ3v) is 1.63. The number of cyclic esters (lactones) is 1. The van der Waals surface area contributed by atoms with E-state index in [2.05, 4.69) is 5.92 Å². The molecule has 0 aromatic rings. The van der Waals surface area contributed by atoms with Crippen molar-refractivity contribution in [3.63, 3.8) is 0 Å². The van der Waals surface area contributed by atoms with Gasteiger partial charge in [0.2, 0.25) is 0 Å². The molecule has 1 saturated heterocycles. The molecule has 0 radical (unpaired) electrons. The fourth-order valence-electron chi connectivity index (χ4n) is 1.06. The highest BCUT2D eigenvalue weighted by molar-refractivity contribution is 5.72. The highest BCUT2D eigenvalue weighted by Gasteiger charge is 2.34. The van der Waals surface area contributed by atoms with Gasteiger partial charge in [0.1, 0.15) is 12.7 Å². The lowest BCUT2D eigenvalue weighted by Crippen LogP contribution is -2.27. The zero-order valence-corrected chi connectivity index (χ0v) is 6.53. The Bertz CT molecular complexity index is 206. The Balaban J connectivity index is 2.41. The number of aliphatic hydroxyl groups excluding tert-OH is 1. The summed E-state index contributed by atoms with van der Waals surface area (Å²) in [6.07, 6.45) is 4.20. The van der Waals surface area contributed by atoms with E-state index in [4.69, 9.17) is 21.0 Å². The SMILES string of the molecule is C#CCO[C@@H]1CC(=O)O[C@@H]1CO. The molecule has 2 atom stereocenters. The van der Waals surface area contributed by atoms with E-state index in [1.54, 1.807) is 0 Å². The van der Waals surface area contributed by atoms with Crippen LogP contribution in [0.15, 0.2) is 0 Å². The molecule has 1 fully saturated rings. The van der Waals surface area contributed by atoms with Crippen molar-refractivity contribution in [2.75, 3.05) is 13.2 Å². The molecule has 0 amide bonds. The van der Waals surface area contributed by atoms with Crippen LogP contribution in [0.2, 0.25) is 0 Å². The van der Waals surface area contributed by atoms with Gasteiger partial charge in [-0.3, -0.25) is 4.79 Å². The second kappa shape index (κ2) is 4.10. The summed E-state index contributed by atoms with van der Waals surface area (Å²) < 4.78 is 9.82. The van der Waals surface area contributed by atoms with Crippen LogP contribution in [0.25, 0.3) is 0 Å². The van der Waals surface area contributed by atoms with E-state index in [0.29, 0.717) is 0 Å². The van der Waals surface area contributed by atoms with E-state index >= 15 is 0 Å². The number of terminal acetylenes is 1. The fraction of sp³-hybridized carbons (Fsp3) is 0.625. The molecule has 0 bridgehead atoms. The average Bonchev–Trinajstić information content (AvgIpc) is 2.42. The van der Waals surface area contributed by atoms with E-state index in [1.165, 1.54) is 0 Å². The Morgan fingerprint density at radius 3 is 3.17 bits per heavy atom. The molecular formula is C8H10O4. The molecule has 1 heterocycles. The Hall–Kier alpha value is -1.05. The monoisotopic (exact) mass is 170 g/mol. The number of rotatable bonds is 3. The minimum atomic E-state index is -0.550. The van der Waals surface area contributed by atoms with Gasteiger partial charge in [-0.2, -0.15) is 0 Å². The van der Waals surface area contributed by atoms with Crippen LogP contribution in [-0.4, -0.2) is 36.5 Å². The van der Waals surface area contributed by atoms with Crippen molar-refractivity contribution in [3.8, 4) is 12.3 Å². The molecule has 0 saturated carbocycles. The van der Waals surface area contributed by atoms with Crippen molar-refractivity contribution < 1.29 is 19.4 Å². The van der Waals surface area contributed by atoms with Gasteiger partial charge in [-0.1, -0.05) is 5.92 Å². The van der Waals surface area contributed by atoms with Gasteiger partial charge in [-0.15, -0.1) is 6.42 Å². The summed E-state index contributed by atoms with van der Waals surface area (Å²) in [6, 6.07) is 0. The second-order valence-electron chi connectivity index (χ2n) is 2.47. The third kappa shape index (κ3) is 1.97. The van der Waals surface area contributed by atoms with Crippen molar-refractivity contribution in [1.82, 2.24) is 0 Å². The molecule has 1 rings (SSSR count). The largest absolute Gasteiger partial charge is 0.457 e. The molecule has 0 unspecified atom stereocenters. The molecular weight excluding hydrogens is 160 g/mol. The lowest BCUT2D eigenvalue weighted by Gasteiger charge is -2.13. The summed E-state index contributed by atoms with van der Waals surface area (Å²) >= 11 is 0. The maximum atomic E-state index is 10.7. The van der Waals surface area contributed by atoms with Crippen LogP contribution in [0, 0.1) is 12.3 Å². The maximum Gasteiger partial charge on any atom is 0.309 e. The molecule has 1 aliphatic heterocycles. The van der Waals surface area contributed by atoms with Crippen LogP contribution in [0.3, 0.4) is 0 Å². The number of carbonyl (C=O) groups excluding carboxylic acids is 1. The summed E-state index contributed by atoms with van der Waals surface area (Å²) in [6.45, 7) is -0.0845. The smallest absolute Gasteiger partial charge is 0.309 e. The molecule has 1 aliphatic rings. The van der Waals surface area contributed by atoms with Crippen LogP contribution in [0.5, 0.6) is 0 Å². The average molecular weight is 170 g/mol. The number of ether oxygens (including phenoxy) is 2. The lowest BCUT2D eigenvalue weighted by molar-refractivity contribution is -0.143. The van der Waals surface area contributed by atoms with E-state index in [9.17, 15) is 4.79 Å². The van der Waals surface area contributed by atoms with Crippen LogP contribution < -0.4 is 0 Å². The van der Waals surface area contributed by atoms with Crippen molar-refractivity contribution >= 4 is 5.97 Å². The lowest BCUT2D eigenvalue weighted by atomic mass is 10.2. The highest BCUT2D eigenvalue weighted by Crippen LogP contribution is 2.17. The third-order valence-electron chi connectivity index (χ3n) is 1.63. The summed E-state index contributed by atoms with van der Waals surface area (Å²) in [5.74, 6) is 1.93. The topological polar surface area (TPSA) is 55.8 Å². The van der Waals surface area contributed by atoms with Gasteiger partial charge in [0, 0.05) is 0 Å². The molecule has 1 N–H and O–H groups in total. The maximum absolute atomic E-state index is 10.7. The Labute approximate surface area is 70.5 Å². The molecule has 4 heteroatoms. The van der Waals surface area contributed by atoms with E-state index in [-0.39, 0.29) is 25.6 Å². The predicted molar refractivity (Wildman–Crippen MR) is 40.2 cm³/mol. The van der Waals surface area contributed by atoms with Crippen LogP contribution in [0.1, 0.15) is 6.42 Å². The number of aliphatic hydroxyl groups is 1. The van der Waals surface area contributed by atoms with Gasteiger partial charge in [-0.05, 0) is 0 Å². The van der Waals surface area contributed by atoms with Crippen LogP contribution >= 0.6 is 0 Å². The quantitative estimate of drug-likeness (QED) is 0.450. The molecule has 66 valence electrons. The first-order valence-corrected chi connectivity index (χ1v) is 3.63. The summed E-state index contributed by atoms with van der Waals surface area (Å²) in [5.41, 5.74) is 0. The van der Waals surface area contributed by atoms with Gasteiger partial charge < -0.3 is 14.6 Å². The Morgan fingerprint density at radius 1 is 1.83 bits per heavy atom. The number of carbonyl (C=O) groups is 1. The zero-order chi connectivity index (χ0) is 8.97. The zero-order valence-electron chi connectivity index (χ0n) is 6.53. The molecule has 12 heavy (non-hydrogen) atoms. The summed E-state index contributed by atoms with van der Waals surface area (Å²) in [5, 5.41) is 8.74. The van der Waals surface area contributed by atoms with E-state index in [1.807, 2.05) is 0 Å². The van der Waals surface area contributed by atoms with E-state index in [0.717, 1.165) is 0 Å². The second-order valence-corrected chi connectivity index (χ2v) is 2.47. The fourth-order valence-corrected chi connectivity index (χ4v) is 1.06. The first-order valence-electron chi connectivity index (χ1n) is 3.63. The van der Waals surface area contributed by atoms with Crippen molar-refractivity contribution in [2.24, 2.45) is 0 Å². The van der Waals surface area contributed by atoms with Gasteiger partial charge in [-0.25, -0.2) is 0 Å². The Kier molecular flexibility index (Phi) is 3.09. The molecule has 0 aromatic carbocycles. The molecule has 0 aliphatic carbocycles. The first-order chi connectivity index (χ1) is 5.77. The van der Waals surface area contributed by atoms with Crippen molar-refractivity contribution in [1.29, 1.82) is 0 Å². The molecule has 0 aromatic heterocycles. The highest BCUT2D eigenvalue weighted by atomic mass is 16.6. The van der Waals surface area contributed by atoms with Gasteiger partial charge in [0.25, 0.3) is 0 Å². The van der Waals surface area contributed by atoms with Crippen LogP contribution in [-0.2, 0) is 14.3 Å². The van der Waals surface area contributed by atoms with Gasteiger partial charge in [0.05, 0.1) is 13.0 Å². The minimum Gasteiger partial charge on any atom is -0.457 e. The molecule has 0 spiro atoms. The number of hydrogen-bond acceptors (Lipinski definition) is 4. The van der Waals surface area contributed by atoms with Crippen molar-refractivity contribution in [2.45, 2.75) is 18.6 Å². The summed E-state index contributed by atoms with van der Waals surface area (Å²) in [4.78, 5) is 10.7. The normalized spacial score (nSPS) is 28.2. The van der Waals surface area contributed by atoms with Gasteiger partial charge in [0.15, 0.2) is 6.10 Å². The first kappa shape index (κ1) is 9.04. The minimum absolute atomic E-state index is 0.137. The van der Waals surface area contributed by atoms with Crippen molar-refractivity contribution in [3.05, 3.63) is 0 Å². The standard InChI is InChI=1S/C8H10O4/c1-2-3-11-6-4-8(10)12-7(6)5-9/h1,6-7,9H,3-5H2/t6-,7-/m1/s1. The molecule has 4 nitrogen and oxygen atoms in total. The Morgan fingerprint density at radius 2 is 2.58 bits per heavy atom. The number of esters is 1. The van der Waals surface area contributed by atoms with Crippen LogP contribution in [0.4, 0.5) is 0 Å². The predicted octanol–water partition coefficient (Wildman–Crippen LogP) is -0.687. The number of hydrogen-bond donors (Lipinski definition) is 1. The van der Waals surface area contributed by atoms with E-state index < -0.39 is 12.2 Å².